The lowest BCUT2D eigenvalue weighted by Gasteiger charge is -2.03. The Morgan fingerprint density at radius 3 is 2.15 bits per heavy atom. The molecule has 5 N–H and O–H groups in total. The number of amides is 2. The van der Waals surface area contributed by atoms with E-state index in [1.165, 1.54) is 18.2 Å². The van der Waals surface area contributed by atoms with Gasteiger partial charge in [0.2, 0.25) is 5.91 Å². The number of benzene rings is 1. The van der Waals surface area contributed by atoms with Crippen LogP contribution in [0.1, 0.15) is 20.7 Å². The lowest BCUT2D eigenvalue weighted by Crippen LogP contribution is -2.20. The van der Waals surface area contributed by atoms with Gasteiger partial charge in [0, 0.05) is 0 Å². The molecule has 0 aliphatic carbocycles. The van der Waals surface area contributed by atoms with Gasteiger partial charge in [-0.25, -0.2) is 0 Å². The zero-order valence-electron chi connectivity index (χ0n) is 6.65. The second-order valence-electron chi connectivity index (χ2n) is 2.43. The minimum Gasteiger partial charge on any atom is -0.507 e. The first-order chi connectivity index (χ1) is 6.04. The molecule has 0 spiro atoms. The minimum atomic E-state index is -0.882. The monoisotopic (exact) mass is 180 g/mol. The fraction of sp³-hybridized carbons (Fsp3) is 0. The Balaban J connectivity index is 3.43. The molecule has 2 amide bonds. The van der Waals surface area contributed by atoms with Gasteiger partial charge in [0.15, 0.2) is 0 Å². The molecule has 0 atom stereocenters. The highest BCUT2D eigenvalue weighted by Crippen LogP contribution is 2.19. The molecule has 5 heteroatoms. The molecular weight excluding hydrogens is 172 g/mol. The maximum absolute atomic E-state index is 10.8. The summed E-state index contributed by atoms with van der Waals surface area (Å²) < 4.78 is 0. The van der Waals surface area contributed by atoms with Crippen LogP contribution in [0.3, 0.4) is 0 Å². The van der Waals surface area contributed by atoms with Crippen LogP contribution in [0.15, 0.2) is 18.2 Å². The molecule has 0 aromatic heterocycles. The van der Waals surface area contributed by atoms with Crippen LogP contribution in [0, 0.1) is 0 Å². The fourth-order valence-corrected chi connectivity index (χ4v) is 1.00. The lowest BCUT2D eigenvalue weighted by atomic mass is 10.1. The van der Waals surface area contributed by atoms with Crippen molar-refractivity contribution in [3.63, 3.8) is 0 Å². The Labute approximate surface area is 74.0 Å². The summed E-state index contributed by atoms with van der Waals surface area (Å²) in [7, 11) is 0. The summed E-state index contributed by atoms with van der Waals surface area (Å²) in [5, 5.41) is 9.20. The van der Waals surface area contributed by atoms with Crippen LogP contribution < -0.4 is 11.5 Å². The third-order valence-electron chi connectivity index (χ3n) is 1.55. The second kappa shape index (κ2) is 3.14. The van der Waals surface area contributed by atoms with Crippen molar-refractivity contribution >= 4 is 11.8 Å². The van der Waals surface area contributed by atoms with Gasteiger partial charge < -0.3 is 16.6 Å². The van der Waals surface area contributed by atoms with Gasteiger partial charge in [-0.05, 0) is 12.1 Å². The minimum absolute atomic E-state index is 0.0764. The Bertz CT molecular complexity index is 374. The van der Waals surface area contributed by atoms with E-state index in [0.29, 0.717) is 0 Å². The quantitative estimate of drug-likeness (QED) is 0.575. The molecule has 0 fully saturated rings. The first-order valence-corrected chi connectivity index (χ1v) is 3.45. The standard InChI is InChI=1S/C8H8N2O3/c9-7(12)4-2-1-3-5(11)6(4)8(10)13/h1-3,11H,(H2,9,12)(H2,10,13). The largest absolute Gasteiger partial charge is 0.507 e. The predicted molar refractivity (Wildman–Crippen MR) is 45.1 cm³/mol. The summed E-state index contributed by atoms with van der Waals surface area (Å²) in [5.74, 6) is -2.03. The van der Waals surface area contributed by atoms with Crippen LogP contribution in [-0.4, -0.2) is 16.9 Å². The maximum Gasteiger partial charge on any atom is 0.253 e. The van der Waals surface area contributed by atoms with Crippen LogP contribution >= 0.6 is 0 Å². The van der Waals surface area contributed by atoms with Crippen molar-refractivity contribution < 1.29 is 14.7 Å². The van der Waals surface area contributed by atoms with E-state index in [1.807, 2.05) is 0 Å². The van der Waals surface area contributed by atoms with E-state index in [1.54, 1.807) is 0 Å². The van der Waals surface area contributed by atoms with E-state index in [-0.39, 0.29) is 16.9 Å². The first kappa shape index (κ1) is 9.05. The van der Waals surface area contributed by atoms with E-state index in [2.05, 4.69) is 0 Å². The SMILES string of the molecule is NC(=O)c1cccc(O)c1C(N)=O. The van der Waals surface area contributed by atoms with E-state index in [9.17, 15) is 14.7 Å². The highest BCUT2D eigenvalue weighted by Gasteiger charge is 2.16. The van der Waals surface area contributed by atoms with E-state index in [4.69, 9.17) is 11.5 Å². The molecule has 68 valence electrons. The molecule has 13 heavy (non-hydrogen) atoms. The summed E-state index contributed by atoms with van der Waals surface area (Å²) >= 11 is 0. The molecule has 5 nitrogen and oxygen atoms in total. The van der Waals surface area contributed by atoms with Crippen LogP contribution in [0.5, 0.6) is 5.75 Å². The number of primary amides is 2. The molecule has 0 saturated heterocycles. The molecule has 0 radical (unpaired) electrons. The molecule has 0 unspecified atom stereocenters. The summed E-state index contributed by atoms with van der Waals surface area (Å²) in [6.45, 7) is 0. The Hall–Kier alpha value is -2.04. The van der Waals surface area contributed by atoms with Gasteiger partial charge in [-0.1, -0.05) is 6.07 Å². The second-order valence-corrected chi connectivity index (χ2v) is 2.43. The van der Waals surface area contributed by atoms with Gasteiger partial charge in [0.25, 0.3) is 5.91 Å². The number of hydrogen-bond acceptors (Lipinski definition) is 3. The zero-order valence-corrected chi connectivity index (χ0v) is 6.65. The number of rotatable bonds is 2. The van der Waals surface area contributed by atoms with Gasteiger partial charge >= 0.3 is 0 Å². The average molecular weight is 180 g/mol. The zero-order chi connectivity index (χ0) is 10.0. The fourth-order valence-electron chi connectivity index (χ4n) is 1.00. The number of aromatic hydroxyl groups is 1. The highest BCUT2D eigenvalue weighted by atomic mass is 16.3. The smallest absolute Gasteiger partial charge is 0.253 e. The van der Waals surface area contributed by atoms with E-state index in [0.717, 1.165) is 0 Å². The van der Waals surface area contributed by atoms with Gasteiger partial charge in [0.05, 0.1) is 11.1 Å². The van der Waals surface area contributed by atoms with Gasteiger partial charge in [-0.15, -0.1) is 0 Å². The van der Waals surface area contributed by atoms with Gasteiger partial charge in [0.1, 0.15) is 5.75 Å². The van der Waals surface area contributed by atoms with Crippen molar-refractivity contribution in [2.45, 2.75) is 0 Å². The van der Waals surface area contributed by atoms with E-state index >= 15 is 0 Å². The number of carbonyl (C=O) groups excluding carboxylic acids is 2. The first-order valence-electron chi connectivity index (χ1n) is 3.45. The predicted octanol–water partition coefficient (Wildman–Crippen LogP) is -0.410. The van der Waals surface area contributed by atoms with Crippen molar-refractivity contribution in [1.29, 1.82) is 0 Å². The number of phenols is 1. The molecule has 1 aromatic carbocycles. The third kappa shape index (κ3) is 1.58. The summed E-state index contributed by atoms with van der Waals surface area (Å²) in [6, 6.07) is 3.98. The molecule has 0 aliphatic heterocycles. The third-order valence-corrected chi connectivity index (χ3v) is 1.55. The normalized spacial score (nSPS) is 9.54. The summed E-state index contributed by atoms with van der Waals surface area (Å²) in [6.07, 6.45) is 0. The van der Waals surface area contributed by atoms with Crippen molar-refractivity contribution in [3.8, 4) is 5.75 Å². The Morgan fingerprint density at radius 1 is 1.15 bits per heavy atom. The van der Waals surface area contributed by atoms with Crippen LogP contribution in [0.4, 0.5) is 0 Å². The van der Waals surface area contributed by atoms with Crippen molar-refractivity contribution in [3.05, 3.63) is 29.3 Å². The highest BCUT2D eigenvalue weighted by molar-refractivity contribution is 6.07. The number of hydrogen-bond donors (Lipinski definition) is 3. The number of carbonyl (C=O) groups is 2. The van der Waals surface area contributed by atoms with Crippen molar-refractivity contribution in [2.75, 3.05) is 0 Å². The molecule has 0 bridgehead atoms. The van der Waals surface area contributed by atoms with E-state index < -0.39 is 11.8 Å². The molecule has 1 aromatic rings. The molecule has 0 heterocycles. The molecular formula is C8H8N2O3. The van der Waals surface area contributed by atoms with Crippen LogP contribution in [0.2, 0.25) is 0 Å². The molecule has 0 aliphatic rings. The Kier molecular flexibility index (Phi) is 2.19. The van der Waals surface area contributed by atoms with Gasteiger partial charge in [-0.3, -0.25) is 9.59 Å². The topological polar surface area (TPSA) is 106 Å². The lowest BCUT2D eigenvalue weighted by molar-refractivity contribution is 0.0965. The van der Waals surface area contributed by atoms with Crippen LogP contribution in [0.25, 0.3) is 0 Å². The summed E-state index contributed by atoms with van der Waals surface area (Å²) in [5.41, 5.74) is 9.59. The average Bonchev–Trinajstić information content (AvgIpc) is 2.02. The molecule has 1 rings (SSSR count). The Morgan fingerprint density at radius 2 is 1.77 bits per heavy atom. The van der Waals surface area contributed by atoms with Gasteiger partial charge in [-0.2, -0.15) is 0 Å². The summed E-state index contributed by atoms with van der Waals surface area (Å²) in [4.78, 5) is 21.6. The molecule has 0 saturated carbocycles. The van der Waals surface area contributed by atoms with Crippen molar-refractivity contribution in [2.24, 2.45) is 11.5 Å². The number of nitrogens with two attached hydrogens (primary N) is 2. The van der Waals surface area contributed by atoms with Crippen LogP contribution in [-0.2, 0) is 0 Å². The maximum atomic E-state index is 10.8. The van der Waals surface area contributed by atoms with Crippen molar-refractivity contribution in [1.82, 2.24) is 0 Å².